The maximum absolute atomic E-state index is 10.6. The fraction of sp³-hybridized carbons (Fsp3) is 0.222. The summed E-state index contributed by atoms with van der Waals surface area (Å²) in [6, 6.07) is 1.77. The highest BCUT2D eigenvalue weighted by Crippen LogP contribution is 2.11. The van der Waals surface area contributed by atoms with Gasteiger partial charge in [-0.15, -0.1) is 0 Å². The van der Waals surface area contributed by atoms with Gasteiger partial charge in [0.05, 0.1) is 12.7 Å². The highest BCUT2D eigenvalue weighted by molar-refractivity contribution is 5.79. The summed E-state index contributed by atoms with van der Waals surface area (Å²) < 4.78 is 1.63. The Labute approximate surface area is 90.9 Å². The van der Waals surface area contributed by atoms with Gasteiger partial charge in [0.1, 0.15) is 11.6 Å². The van der Waals surface area contributed by atoms with Crippen LogP contribution in [0.5, 0.6) is 0 Å². The molecule has 2 aromatic heterocycles. The molecule has 0 saturated heterocycles. The van der Waals surface area contributed by atoms with Gasteiger partial charge in [-0.3, -0.25) is 4.79 Å². The van der Waals surface area contributed by atoms with Crippen molar-refractivity contribution in [3.8, 4) is 0 Å². The summed E-state index contributed by atoms with van der Waals surface area (Å²) in [7, 11) is 0. The highest BCUT2D eigenvalue weighted by Gasteiger charge is 2.11. The zero-order valence-electron chi connectivity index (χ0n) is 8.37. The molecule has 0 saturated carbocycles. The molecule has 16 heavy (non-hydrogen) atoms. The van der Waals surface area contributed by atoms with E-state index in [1.807, 2.05) is 0 Å². The van der Waals surface area contributed by atoms with Crippen LogP contribution in [0.3, 0.4) is 0 Å². The van der Waals surface area contributed by atoms with Gasteiger partial charge in [0.25, 0.3) is 0 Å². The maximum Gasteiger partial charge on any atom is 0.248 e. The third kappa shape index (κ3) is 1.94. The average Bonchev–Trinajstić information content (AvgIpc) is 2.73. The van der Waals surface area contributed by atoms with Crippen LogP contribution in [0.15, 0.2) is 24.7 Å². The Balaban J connectivity index is 2.15. The maximum atomic E-state index is 10.6. The lowest BCUT2D eigenvalue weighted by Crippen LogP contribution is -2.34. The SMILES string of the molecule is NC(=O)C(O)CNc1nccn2nccc12. The number of hydrogen-bond donors (Lipinski definition) is 3. The standard InChI is InChI=1S/C9H11N5O2/c10-8(16)7(15)5-12-9-6-1-2-13-14(6)4-3-11-9/h1-4,7,15H,5H2,(H2,10,16)(H,11,12). The minimum Gasteiger partial charge on any atom is -0.381 e. The van der Waals surface area contributed by atoms with Crippen LogP contribution in [0.25, 0.3) is 5.52 Å². The van der Waals surface area contributed by atoms with Gasteiger partial charge < -0.3 is 16.2 Å². The van der Waals surface area contributed by atoms with Crippen LogP contribution in [0.1, 0.15) is 0 Å². The molecule has 1 unspecified atom stereocenters. The molecule has 0 aliphatic rings. The van der Waals surface area contributed by atoms with Crippen molar-refractivity contribution >= 4 is 17.2 Å². The predicted molar refractivity (Wildman–Crippen MR) is 56.7 cm³/mol. The first-order valence-electron chi connectivity index (χ1n) is 4.68. The number of nitrogens with two attached hydrogens (primary N) is 1. The molecular formula is C9H11N5O2. The number of primary amides is 1. The van der Waals surface area contributed by atoms with Crippen molar-refractivity contribution in [1.82, 2.24) is 14.6 Å². The van der Waals surface area contributed by atoms with Crippen LogP contribution in [0.2, 0.25) is 0 Å². The second kappa shape index (κ2) is 4.15. The molecule has 0 aromatic carbocycles. The topological polar surface area (TPSA) is 106 Å². The van der Waals surface area contributed by atoms with Gasteiger partial charge in [0, 0.05) is 12.4 Å². The Morgan fingerprint density at radius 2 is 2.44 bits per heavy atom. The van der Waals surface area contributed by atoms with Gasteiger partial charge >= 0.3 is 0 Å². The van der Waals surface area contributed by atoms with Gasteiger partial charge in [0.15, 0.2) is 5.82 Å². The molecule has 84 valence electrons. The molecule has 7 nitrogen and oxygen atoms in total. The van der Waals surface area contributed by atoms with Crippen LogP contribution in [-0.4, -0.2) is 38.3 Å². The number of rotatable bonds is 4. The molecule has 0 fully saturated rings. The van der Waals surface area contributed by atoms with E-state index in [2.05, 4.69) is 15.4 Å². The molecule has 2 heterocycles. The first kappa shape index (κ1) is 10.4. The molecule has 0 aliphatic heterocycles. The van der Waals surface area contributed by atoms with Crippen LogP contribution in [-0.2, 0) is 4.79 Å². The number of aliphatic hydroxyl groups is 1. The second-order valence-corrected chi connectivity index (χ2v) is 3.24. The molecule has 4 N–H and O–H groups in total. The van der Waals surface area contributed by atoms with Gasteiger partial charge in [-0.2, -0.15) is 5.10 Å². The lowest BCUT2D eigenvalue weighted by Gasteiger charge is -2.09. The van der Waals surface area contributed by atoms with E-state index in [1.165, 1.54) is 0 Å². The zero-order chi connectivity index (χ0) is 11.5. The van der Waals surface area contributed by atoms with Crippen LogP contribution in [0.4, 0.5) is 5.82 Å². The van der Waals surface area contributed by atoms with Gasteiger partial charge in [-0.05, 0) is 6.07 Å². The number of aliphatic hydroxyl groups excluding tert-OH is 1. The highest BCUT2D eigenvalue weighted by atomic mass is 16.3. The van der Waals surface area contributed by atoms with Crippen molar-refractivity contribution < 1.29 is 9.90 Å². The number of nitrogens with one attached hydrogen (secondary N) is 1. The molecule has 2 aromatic rings. The zero-order valence-corrected chi connectivity index (χ0v) is 8.37. The molecule has 1 amide bonds. The summed E-state index contributed by atoms with van der Waals surface area (Å²) in [5, 5.41) is 16.1. The predicted octanol–water partition coefficient (Wildman–Crippen LogP) is -1.01. The van der Waals surface area contributed by atoms with E-state index in [4.69, 9.17) is 5.73 Å². The van der Waals surface area contributed by atoms with Crippen LogP contribution >= 0.6 is 0 Å². The Morgan fingerprint density at radius 3 is 3.19 bits per heavy atom. The van der Waals surface area contributed by atoms with Crippen molar-refractivity contribution in [3.05, 3.63) is 24.7 Å². The van der Waals surface area contributed by atoms with Crippen LogP contribution in [0, 0.1) is 0 Å². The van der Waals surface area contributed by atoms with E-state index in [9.17, 15) is 9.90 Å². The third-order valence-corrected chi connectivity index (χ3v) is 2.12. The van der Waals surface area contributed by atoms with Gasteiger partial charge in [0.2, 0.25) is 5.91 Å². The molecule has 0 radical (unpaired) electrons. The van der Waals surface area contributed by atoms with E-state index >= 15 is 0 Å². The Kier molecular flexibility index (Phi) is 2.69. The smallest absolute Gasteiger partial charge is 0.248 e. The van der Waals surface area contributed by atoms with E-state index < -0.39 is 12.0 Å². The summed E-state index contributed by atoms with van der Waals surface area (Å²) in [5.41, 5.74) is 5.69. The van der Waals surface area contributed by atoms with Crippen LogP contribution < -0.4 is 11.1 Å². The van der Waals surface area contributed by atoms with E-state index in [0.29, 0.717) is 5.82 Å². The Hall–Kier alpha value is -2.15. The summed E-state index contributed by atoms with van der Waals surface area (Å²) >= 11 is 0. The van der Waals surface area contributed by atoms with Crippen molar-refractivity contribution in [1.29, 1.82) is 0 Å². The van der Waals surface area contributed by atoms with Crippen molar-refractivity contribution in [2.24, 2.45) is 5.73 Å². The molecular weight excluding hydrogens is 210 g/mol. The molecule has 0 aliphatic carbocycles. The monoisotopic (exact) mass is 221 g/mol. The number of carbonyl (C=O) groups is 1. The number of nitrogens with zero attached hydrogens (tertiary/aromatic N) is 3. The van der Waals surface area contributed by atoms with Crippen molar-refractivity contribution in [2.75, 3.05) is 11.9 Å². The fourth-order valence-corrected chi connectivity index (χ4v) is 1.29. The number of aromatic nitrogens is 3. The first-order valence-corrected chi connectivity index (χ1v) is 4.68. The molecule has 1 atom stereocenters. The lowest BCUT2D eigenvalue weighted by molar-refractivity contribution is -0.125. The summed E-state index contributed by atoms with van der Waals surface area (Å²) in [5.74, 6) is -0.228. The second-order valence-electron chi connectivity index (χ2n) is 3.24. The average molecular weight is 221 g/mol. The fourth-order valence-electron chi connectivity index (χ4n) is 1.29. The van der Waals surface area contributed by atoms with E-state index in [0.717, 1.165) is 5.52 Å². The first-order chi connectivity index (χ1) is 7.68. The minimum atomic E-state index is -1.23. The summed E-state index contributed by atoms with van der Waals surface area (Å²) in [6.07, 6.45) is 3.67. The number of fused-ring (bicyclic) bond motifs is 1. The largest absolute Gasteiger partial charge is 0.381 e. The molecule has 7 heteroatoms. The lowest BCUT2D eigenvalue weighted by atomic mass is 10.3. The number of carbonyl (C=O) groups excluding carboxylic acids is 1. The number of anilines is 1. The third-order valence-electron chi connectivity index (χ3n) is 2.12. The molecule has 0 bridgehead atoms. The summed E-state index contributed by atoms with van der Waals surface area (Å²) in [4.78, 5) is 14.7. The van der Waals surface area contributed by atoms with Crippen molar-refractivity contribution in [2.45, 2.75) is 6.10 Å². The van der Waals surface area contributed by atoms with E-state index in [1.54, 1.807) is 29.2 Å². The van der Waals surface area contributed by atoms with E-state index in [-0.39, 0.29) is 6.54 Å². The van der Waals surface area contributed by atoms with Gasteiger partial charge in [-0.25, -0.2) is 9.50 Å². The summed E-state index contributed by atoms with van der Waals surface area (Å²) in [6.45, 7) is 0.0210. The van der Waals surface area contributed by atoms with Crippen molar-refractivity contribution in [3.63, 3.8) is 0 Å². The Morgan fingerprint density at radius 1 is 1.62 bits per heavy atom. The Bertz CT molecular complexity index is 509. The number of hydrogen-bond acceptors (Lipinski definition) is 5. The minimum absolute atomic E-state index is 0.0210. The molecule has 2 rings (SSSR count). The molecule has 0 spiro atoms. The quantitative estimate of drug-likeness (QED) is 0.613. The van der Waals surface area contributed by atoms with Gasteiger partial charge in [-0.1, -0.05) is 0 Å². The number of amides is 1. The normalized spacial score (nSPS) is 12.6.